The van der Waals surface area contributed by atoms with Crippen molar-refractivity contribution in [3.8, 4) is 0 Å². The number of methoxy groups -OCH3 is 2. The van der Waals surface area contributed by atoms with E-state index in [0.29, 0.717) is 0 Å². The highest BCUT2D eigenvalue weighted by atomic mass is 16.7. The summed E-state index contributed by atoms with van der Waals surface area (Å²) in [5.74, 6) is 0. The third-order valence-electron chi connectivity index (χ3n) is 2.58. The van der Waals surface area contributed by atoms with Gasteiger partial charge in [-0.05, 0) is 25.5 Å². The predicted octanol–water partition coefficient (Wildman–Crippen LogP) is 1.49. The molecule has 4 heteroatoms. The molecule has 1 rings (SSSR count). The number of hydrogen-bond donors (Lipinski definition) is 1. The van der Waals surface area contributed by atoms with Gasteiger partial charge in [0, 0.05) is 27.0 Å². The fraction of sp³-hybridized carbons (Fsp3) is 0.583. The van der Waals surface area contributed by atoms with Gasteiger partial charge in [0.2, 0.25) is 0 Å². The molecule has 0 fully saturated rings. The summed E-state index contributed by atoms with van der Waals surface area (Å²) in [5.41, 5.74) is 2.24. The molecule has 0 aromatic carbocycles. The standard InChI is InChI=1S/C12H20N2O2/c1-9-6-5-7-13-11(9)8-14-10(2)12(15-3)16-4/h5-7,10,12,14H,8H2,1-4H3. The SMILES string of the molecule is COC(OC)C(C)NCc1ncccc1C. The van der Waals surface area contributed by atoms with Crippen LogP contribution in [0.25, 0.3) is 0 Å². The first-order valence-corrected chi connectivity index (χ1v) is 5.38. The lowest BCUT2D eigenvalue weighted by Crippen LogP contribution is -2.39. The van der Waals surface area contributed by atoms with Crippen molar-refractivity contribution in [2.45, 2.75) is 32.7 Å². The molecular formula is C12H20N2O2. The third-order valence-corrected chi connectivity index (χ3v) is 2.58. The molecule has 1 atom stereocenters. The summed E-state index contributed by atoms with van der Waals surface area (Å²) in [6.45, 7) is 4.80. The highest BCUT2D eigenvalue weighted by Crippen LogP contribution is 2.04. The Balaban J connectivity index is 2.48. The van der Waals surface area contributed by atoms with Gasteiger partial charge in [-0.3, -0.25) is 4.98 Å². The number of pyridine rings is 1. The molecule has 4 nitrogen and oxygen atoms in total. The molecular weight excluding hydrogens is 204 g/mol. The normalized spacial score (nSPS) is 13.1. The van der Waals surface area contributed by atoms with Crippen molar-refractivity contribution in [2.75, 3.05) is 14.2 Å². The summed E-state index contributed by atoms with van der Waals surface area (Å²) in [5, 5.41) is 3.33. The lowest BCUT2D eigenvalue weighted by Gasteiger charge is -2.22. The van der Waals surface area contributed by atoms with Crippen molar-refractivity contribution in [1.82, 2.24) is 10.3 Å². The van der Waals surface area contributed by atoms with E-state index in [-0.39, 0.29) is 12.3 Å². The number of rotatable bonds is 6. The predicted molar refractivity (Wildman–Crippen MR) is 63.1 cm³/mol. The van der Waals surface area contributed by atoms with Gasteiger partial charge in [-0.15, -0.1) is 0 Å². The second kappa shape index (κ2) is 6.58. The lowest BCUT2D eigenvalue weighted by atomic mass is 10.2. The molecule has 0 spiro atoms. The highest BCUT2D eigenvalue weighted by Gasteiger charge is 2.15. The van der Waals surface area contributed by atoms with E-state index in [9.17, 15) is 0 Å². The van der Waals surface area contributed by atoms with Gasteiger partial charge in [-0.1, -0.05) is 6.07 Å². The van der Waals surface area contributed by atoms with E-state index in [1.165, 1.54) is 5.56 Å². The number of aromatic nitrogens is 1. The van der Waals surface area contributed by atoms with Crippen molar-refractivity contribution in [3.05, 3.63) is 29.6 Å². The second-order valence-corrected chi connectivity index (χ2v) is 3.78. The average Bonchev–Trinajstić information content (AvgIpc) is 2.29. The zero-order valence-electron chi connectivity index (χ0n) is 10.4. The molecule has 1 unspecified atom stereocenters. The molecule has 0 radical (unpaired) electrons. The van der Waals surface area contributed by atoms with Gasteiger partial charge in [0.25, 0.3) is 0 Å². The lowest BCUT2D eigenvalue weighted by molar-refractivity contribution is -0.119. The van der Waals surface area contributed by atoms with Crippen LogP contribution < -0.4 is 5.32 Å². The van der Waals surface area contributed by atoms with E-state index in [2.05, 4.69) is 23.3 Å². The molecule has 1 N–H and O–H groups in total. The van der Waals surface area contributed by atoms with Crippen LogP contribution in [0, 0.1) is 6.92 Å². The Morgan fingerprint density at radius 2 is 2.06 bits per heavy atom. The monoisotopic (exact) mass is 224 g/mol. The van der Waals surface area contributed by atoms with E-state index in [0.717, 1.165) is 12.2 Å². The van der Waals surface area contributed by atoms with E-state index < -0.39 is 0 Å². The number of aryl methyl sites for hydroxylation is 1. The highest BCUT2D eigenvalue weighted by molar-refractivity contribution is 5.17. The molecule has 0 aliphatic heterocycles. The van der Waals surface area contributed by atoms with Crippen LogP contribution in [0.15, 0.2) is 18.3 Å². The molecule has 1 heterocycles. The summed E-state index contributed by atoms with van der Waals surface area (Å²) in [7, 11) is 3.27. The maximum absolute atomic E-state index is 5.17. The number of hydrogen-bond acceptors (Lipinski definition) is 4. The molecule has 1 aromatic rings. The van der Waals surface area contributed by atoms with Gasteiger partial charge in [0.05, 0.1) is 11.7 Å². The van der Waals surface area contributed by atoms with E-state index in [1.54, 1.807) is 20.4 Å². The first kappa shape index (κ1) is 13.1. The minimum atomic E-state index is -0.232. The zero-order chi connectivity index (χ0) is 12.0. The fourth-order valence-corrected chi connectivity index (χ4v) is 1.56. The molecule has 1 aromatic heterocycles. The zero-order valence-corrected chi connectivity index (χ0v) is 10.4. The third kappa shape index (κ3) is 3.56. The summed E-state index contributed by atoms with van der Waals surface area (Å²) >= 11 is 0. The van der Waals surface area contributed by atoms with Gasteiger partial charge in [-0.25, -0.2) is 0 Å². The van der Waals surface area contributed by atoms with Crippen LogP contribution in [0.5, 0.6) is 0 Å². The summed E-state index contributed by atoms with van der Waals surface area (Å²) in [4.78, 5) is 4.32. The molecule has 0 aliphatic rings. The quantitative estimate of drug-likeness (QED) is 0.743. The number of ether oxygens (including phenoxy) is 2. The fourth-order valence-electron chi connectivity index (χ4n) is 1.56. The van der Waals surface area contributed by atoms with Gasteiger partial charge < -0.3 is 14.8 Å². The van der Waals surface area contributed by atoms with Crippen LogP contribution in [0.4, 0.5) is 0 Å². The van der Waals surface area contributed by atoms with E-state index in [1.807, 2.05) is 13.0 Å². The molecule has 0 saturated heterocycles. The molecule has 0 saturated carbocycles. The van der Waals surface area contributed by atoms with Gasteiger partial charge in [0.15, 0.2) is 6.29 Å². The van der Waals surface area contributed by atoms with Crippen LogP contribution in [-0.4, -0.2) is 31.5 Å². The smallest absolute Gasteiger partial charge is 0.171 e. The average molecular weight is 224 g/mol. The van der Waals surface area contributed by atoms with Gasteiger partial charge >= 0.3 is 0 Å². The summed E-state index contributed by atoms with van der Waals surface area (Å²) in [6.07, 6.45) is 1.57. The Bertz CT molecular complexity index is 314. The van der Waals surface area contributed by atoms with Crippen LogP contribution in [0.2, 0.25) is 0 Å². The molecule has 16 heavy (non-hydrogen) atoms. The van der Waals surface area contributed by atoms with Crippen molar-refractivity contribution in [1.29, 1.82) is 0 Å². The van der Waals surface area contributed by atoms with Crippen LogP contribution in [0.3, 0.4) is 0 Å². The van der Waals surface area contributed by atoms with Crippen LogP contribution >= 0.6 is 0 Å². The minimum absolute atomic E-state index is 0.122. The first-order chi connectivity index (χ1) is 7.69. The Kier molecular flexibility index (Phi) is 5.38. The Labute approximate surface area is 97.0 Å². The van der Waals surface area contributed by atoms with Gasteiger partial charge in [0.1, 0.15) is 0 Å². The van der Waals surface area contributed by atoms with Crippen molar-refractivity contribution in [2.24, 2.45) is 0 Å². The minimum Gasteiger partial charge on any atom is -0.354 e. The van der Waals surface area contributed by atoms with Crippen molar-refractivity contribution in [3.63, 3.8) is 0 Å². The summed E-state index contributed by atoms with van der Waals surface area (Å²) < 4.78 is 10.3. The van der Waals surface area contributed by atoms with Crippen LogP contribution in [-0.2, 0) is 16.0 Å². The number of nitrogens with zero attached hydrogens (tertiary/aromatic N) is 1. The van der Waals surface area contributed by atoms with Gasteiger partial charge in [-0.2, -0.15) is 0 Å². The molecule has 0 aliphatic carbocycles. The van der Waals surface area contributed by atoms with E-state index in [4.69, 9.17) is 9.47 Å². The second-order valence-electron chi connectivity index (χ2n) is 3.78. The molecule has 0 bridgehead atoms. The molecule has 0 amide bonds. The Hall–Kier alpha value is -0.970. The van der Waals surface area contributed by atoms with Crippen molar-refractivity contribution >= 4 is 0 Å². The Morgan fingerprint density at radius 3 is 2.62 bits per heavy atom. The topological polar surface area (TPSA) is 43.4 Å². The Morgan fingerprint density at radius 1 is 1.38 bits per heavy atom. The van der Waals surface area contributed by atoms with Crippen molar-refractivity contribution < 1.29 is 9.47 Å². The first-order valence-electron chi connectivity index (χ1n) is 5.38. The maximum atomic E-state index is 5.17. The van der Waals surface area contributed by atoms with E-state index >= 15 is 0 Å². The molecule has 90 valence electrons. The maximum Gasteiger partial charge on any atom is 0.171 e. The number of nitrogens with one attached hydrogen (secondary N) is 1. The summed E-state index contributed by atoms with van der Waals surface area (Å²) in [6, 6.07) is 4.12. The van der Waals surface area contributed by atoms with Crippen LogP contribution in [0.1, 0.15) is 18.2 Å². The largest absolute Gasteiger partial charge is 0.354 e.